The van der Waals surface area contributed by atoms with Crippen LogP contribution in [-0.2, 0) is 9.63 Å². The second-order valence-corrected chi connectivity index (χ2v) is 3.64. The molecule has 1 N–H and O–H groups in total. The summed E-state index contributed by atoms with van der Waals surface area (Å²) in [6.45, 7) is 1.72. The van der Waals surface area contributed by atoms with E-state index in [4.69, 9.17) is 9.94 Å². The number of oxime groups is 1. The van der Waals surface area contributed by atoms with Gasteiger partial charge in [-0.1, -0.05) is 24.2 Å². The number of nitrogens with zero attached hydrogens (tertiary/aromatic N) is 1. The molecule has 2 atom stereocenters. The highest BCUT2D eigenvalue weighted by Crippen LogP contribution is 2.23. The van der Waals surface area contributed by atoms with E-state index < -0.39 is 12.1 Å². The van der Waals surface area contributed by atoms with E-state index >= 15 is 0 Å². The topological polar surface area (TPSA) is 58.9 Å². The fourth-order valence-electron chi connectivity index (χ4n) is 1.63. The fraction of sp³-hybridized carbons (Fsp3) is 0.273. The Kier molecular flexibility index (Phi) is 2.60. The lowest BCUT2D eigenvalue weighted by Crippen LogP contribution is -2.29. The molecule has 1 aliphatic rings. The standard InChI is InChI=1S/C11H10FNO3/c1-6-9(13-16-10(6)11(14)15)7-2-4-8(12)5-3-7/h2-6,10H,1H3,(H,14,15)/t6-,10+/m0/s1. The van der Waals surface area contributed by atoms with Gasteiger partial charge in [0.25, 0.3) is 0 Å². The molecular weight excluding hydrogens is 213 g/mol. The van der Waals surface area contributed by atoms with E-state index in [1.165, 1.54) is 12.1 Å². The number of carbonyl (C=O) groups is 1. The van der Waals surface area contributed by atoms with Crippen LogP contribution in [0.5, 0.6) is 0 Å². The Labute approximate surface area is 91.3 Å². The van der Waals surface area contributed by atoms with Gasteiger partial charge in [0.2, 0.25) is 6.10 Å². The van der Waals surface area contributed by atoms with Crippen molar-refractivity contribution in [3.05, 3.63) is 35.6 Å². The SMILES string of the molecule is C[C@H]1C(c2ccc(F)cc2)=NO[C@H]1C(=O)O. The molecule has 1 aromatic carbocycles. The minimum absolute atomic E-state index is 0.342. The van der Waals surface area contributed by atoms with Crippen LogP contribution < -0.4 is 0 Å². The first-order chi connectivity index (χ1) is 7.59. The maximum Gasteiger partial charge on any atom is 0.348 e. The normalized spacial score (nSPS) is 23.8. The van der Waals surface area contributed by atoms with Gasteiger partial charge in [-0.25, -0.2) is 9.18 Å². The summed E-state index contributed by atoms with van der Waals surface area (Å²) in [5, 5.41) is 12.6. The number of carboxylic acid groups (broad SMARTS) is 1. The van der Waals surface area contributed by atoms with Crippen LogP contribution in [0.15, 0.2) is 29.4 Å². The molecule has 1 heterocycles. The maximum absolute atomic E-state index is 12.7. The zero-order chi connectivity index (χ0) is 11.7. The van der Waals surface area contributed by atoms with Gasteiger partial charge in [0.15, 0.2) is 0 Å². The largest absolute Gasteiger partial charge is 0.478 e. The molecule has 0 radical (unpaired) electrons. The summed E-state index contributed by atoms with van der Waals surface area (Å²) in [7, 11) is 0. The van der Waals surface area contributed by atoms with Gasteiger partial charge in [-0.05, 0) is 17.7 Å². The molecule has 0 unspecified atom stereocenters. The second-order valence-electron chi connectivity index (χ2n) is 3.64. The molecule has 2 rings (SSSR count). The Bertz CT molecular complexity index is 441. The minimum Gasteiger partial charge on any atom is -0.478 e. The molecule has 84 valence electrons. The molecule has 0 fully saturated rings. The third kappa shape index (κ3) is 1.76. The Balaban J connectivity index is 2.24. The third-order valence-electron chi connectivity index (χ3n) is 2.53. The molecule has 0 aliphatic carbocycles. The quantitative estimate of drug-likeness (QED) is 0.829. The van der Waals surface area contributed by atoms with Crippen LogP contribution in [0.2, 0.25) is 0 Å². The molecule has 4 nitrogen and oxygen atoms in total. The average Bonchev–Trinajstić information content (AvgIpc) is 2.61. The Morgan fingerprint density at radius 1 is 1.44 bits per heavy atom. The molecule has 0 amide bonds. The Hall–Kier alpha value is -1.91. The van der Waals surface area contributed by atoms with Crippen molar-refractivity contribution in [3.63, 3.8) is 0 Å². The number of benzene rings is 1. The molecule has 1 aliphatic heterocycles. The summed E-state index contributed by atoms with van der Waals surface area (Å²) in [6.07, 6.45) is -0.958. The van der Waals surface area contributed by atoms with E-state index in [-0.39, 0.29) is 11.7 Å². The Morgan fingerprint density at radius 3 is 2.56 bits per heavy atom. The summed E-state index contributed by atoms with van der Waals surface area (Å²) >= 11 is 0. The number of carboxylic acids is 1. The lowest BCUT2D eigenvalue weighted by Gasteiger charge is -2.09. The van der Waals surface area contributed by atoms with Gasteiger partial charge in [-0.2, -0.15) is 0 Å². The van der Waals surface area contributed by atoms with Crippen LogP contribution in [-0.4, -0.2) is 22.9 Å². The highest BCUT2D eigenvalue weighted by atomic mass is 19.1. The monoisotopic (exact) mass is 223 g/mol. The van der Waals surface area contributed by atoms with Gasteiger partial charge in [0.1, 0.15) is 5.82 Å². The second kappa shape index (κ2) is 3.92. The van der Waals surface area contributed by atoms with Crippen molar-refractivity contribution in [3.8, 4) is 0 Å². The molecular formula is C11H10FNO3. The molecule has 1 aromatic rings. The highest BCUT2D eigenvalue weighted by Gasteiger charge is 2.36. The van der Waals surface area contributed by atoms with Crippen LogP contribution in [0.4, 0.5) is 4.39 Å². The number of halogens is 1. The van der Waals surface area contributed by atoms with Crippen molar-refractivity contribution < 1.29 is 19.1 Å². The van der Waals surface area contributed by atoms with E-state index in [0.29, 0.717) is 11.3 Å². The highest BCUT2D eigenvalue weighted by molar-refractivity contribution is 6.04. The number of aliphatic carboxylic acids is 1. The summed E-state index contributed by atoms with van der Waals surface area (Å²) in [4.78, 5) is 15.6. The van der Waals surface area contributed by atoms with E-state index in [0.717, 1.165) is 0 Å². The van der Waals surface area contributed by atoms with Crippen LogP contribution in [0.25, 0.3) is 0 Å². The van der Waals surface area contributed by atoms with E-state index in [1.807, 2.05) is 0 Å². The molecule has 0 bridgehead atoms. The first-order valence-corrected chi connectivity index (χ1v) is 4.82. The van der Waals surface area contributed by atoms with Gasteiger partial charge < -0.3 is 9.94 Å². The third-order valence-corrected chi connectivity index (χ3v) is 2.53. The van der Waals surface area contributed by atoms with Crippen molar-refractivity contribution in [1.29, 1.82) is 0 Å². The minimum atomic E-state index is -1.05. The summed E-state index contributed by atoms with van der Waals surface area (Å²) in [5.74, 6) is -1.73. The van der Waals surface area contributed by atoms with Crippen molar-refractivity contribution in [2.24, 2.45) is 11.1 Å². The van der Waals surface area contributed by atoms with Gasteiger partial charge in [-0.3, -0.25) is 0 Å². The van der Waals surface area contributed by atoms with Crippen LogP contribution in [0, 0.1) is 11.7 Å². The predicted octanol–water partition coefficient (Wildman–Crippen LogP) is 1.65. The van der Waals surface area contributed by atoms with Gasteiger partial charge in [0.05, 0.1) is 11.6 Å². The van der Waals surface area contributed by atoms with Crippen LogP contribution in [0.1, 0.15) is 12.5 Å². The van der Waals surface area contributed by atoms with Crippen molar-refractivity contribution >= 4 is 11.7 Å². The van der Waals surface area contributed by atoms with Crippen molar-refractivity contribution in [2.75, 3.05) is 0 Å². The van der Waals surface area contributed by atoms with Crippen LogP contribution >= 0.6 is 0 Å². The number of rotatable bonds is 2. The number of hydrogen-bond acceptors (Lipinski definition) is 3. The van der Waals surface area contributed by atoms with Crippen molar-refractivity contribution in [1.82, 2.24) is 0 Å². The molecule has 0 saturated carbocycles. The predicted molar refractivity (Wildman–Crippen MR) is 54.6 cm³/mol. The Morgan fingerprint density at radius 2 is 2.06 bits per heavy atom. The molecule has 16 heavy (non-hydrogen) atoms. The molecule has 5 heteroatoms. The zero-order valence-corrected chi connectivity index (χ0v) is 8.55. The lowest BCUT2D eigenvalue weighted by molar-refractivity contribution is -0.150. The first-order valence-electron chi connectivity index (χ1n) is 4.82. The summed E-state index contributed by atoms with van der Waals surface area (Å²) in [5.41, 5.74) is 1.21. The molecule has 0 aromatic heterocycles. The van der Waals surface area contributed by atoms with E-state index in [9.17, 15) is 9.18 Å². The number of hydrogen-bond donors (Lipinski definition) is 1. The smallest absolute Gasteiger partial charge is 0.348 e. The molecule has 0 spiro atoms. The maximum atomic E-state index is 12.7. The molecule has 0 saturated heterocycles. The lowest BCUT2D eigenvalue weighted by atomic mass is 9.94. The average molecular weight is 223 g/mol. The summed E-state index contributed by atoms with van der Waals surface area (Å²) in [6, 6.07) is 5.72. The van der Waals surface area contributed by atoms with E-state index in [1.54, 1.807) is 19.1 Å². The fourth-order valence-corrected chi connectivity index (χ4v) is 1.63. The van der Waals surface area contributed by atoms with Crippen LogP contribution in [0.3, 0.4) is 0 Å². The van der Waals surface area contributed by atoms with E-state index in [2.05, 4.69) is 5.16 Å². The first kappa shape index (κ1) is 10.6. The van der Waals surface area contributed by atoms with Gasteiger partial charge in [0, 0.05) is 0 Å². The zero-order valence-electron chi connectivity index (χ0n) is 8.55. The summed E-state index contributed by atoms with van der Waals surface area (Å²) < 4.78 is 12.7. The van der Waals surface area contributed by atoms with Gasteiger partial charge >= 0.3 is 5.97 Å². The van der Waals surface area contributed by atoms with Gasteiger partial charge in [-0.15, -0.1) is 0 Å². The van der Waals surface area contributed by atoms with Crippen molar-refractivity contribution in [2.45, 2.75) is 13.0 Å².